The Kier molecular flexibility index (Phi) is 5.10. The molecule has 3 heteroatoms. The zero-order valence-corrected chi connectivity index (χ0v) is 15.4. The molecule has 1 saturated carbocycles. The molecular formula is C22H26ClNO. The number of benzene rings is 1. The molecule has 2 nitrogen and oxygen atoms in total. The fourth-order valence-corrected chi connectivity index (χ4v) is 4.72. The average molecular weight is 356 g/mol. The molecule has 0 bridgehead atoms. The van der Waals surface area contributed by atoms with Gasteiger partial charge < -0.3 is 5.11 Å². The van der Waals surface area contributed by atoms with Gasteiger partial charge in [-0.3, -0.25) is 4.98 Å². The lowest BCUT2D eigenvalue weighted by atomic mass is 9.79. The monoisotopic (exact) mass is 355 g/mol. The summed E-state index contributed by atoms with van der Waals surface area (Å²) in [7, 11) is 0. The molecule has 0 spiro atoms. The van der Waals surface area contributed by atoms with Crippen LogP contribution in [0.3, 0.4) is 0 Å². The number of hydrogen-bond donors (Lipinski definition) is 1. The Morgan fingerprint density at radius 3 is 2.60 bits per heavy atom. The topological polar surface area (TPSA) is 33.1 Å². The first-order valence-electron chi connectivity index (χ1n) is 9.61. The summed E-state index contributed by atoms with van der Waals surface area (Å²) in [6.45, 7) is 0.357. The van der Waals surface area contributed by atoms with Crippen LogP contribution in [-0.4, -0.2) is 16.7 Å². The molecular weight excluding hydrogens is 330 g/mol. The first kappa shape index (κ1) is 17.1. The second-order valence-electron chi connectivity index (χ2n) is 7.73. The minimum absolute atomic E-state index is 0.357. The summed E-state index contributed by atoms with van der Waals surface area (Å²) >= 11 is 6.19. The Hall–Kier alpha value is -1.38. The highest BCUT2D eigenvalue weighted by atomic mass is 35.5. The summed E-state index contributed by atoms with van der Waals surface area (Å²) in [5.41, 5.74) is 6.51. The molecule has 1 heterocycles. The van der Waals surface area contributed by atoms with Gasteiger partial charge in [0.1, 0.15) is 0 Å². The highest BCUT2D eigenvalue weighted by Crippen LogP contribution is 2.35. The highest BCUT2D eigenvalue weighted by Gasteiger charge is 2.24. The average Bonchev–Trinajstić information content (AvgIpc) is 3.11. The first-order valence-corrected chi connectivity index (χ1v) is 9.99. The van der Waals surface area contributed by atoms with Gasteiger partial charge >= 0.3 is 0 Å². The van der Waals surface area contributed by atoms with Gasteiger partial charge in [0.2, 0.25) is 0 Å². The van der Waals surface area contributed by atoms with Gasteiger partial charge in [0.25, 0.3) is 0 Å². The lowest BCUT2D eigenvalue weighted by Crippen LogP contribution is -2.19. The number of nitrogens with zero attached hydrogens (tertiary/aromatic N) is 1. The minimum atomic E-state index is 0.357. The van der Waals surface area contributed by atoms with Crippen LogP contribution in [0, 0.1) is 11.8 Å². The van der Waals surface area contributed by atoms with E-state index in [9.17, 15) is 5.11 Å². The van der Waals surface area contributed by atoms with Gasteiger partial charge in [-0.25, -0.2) is 0 Å². The van der Waals surface area contributed by atoms with E-state index in [1.54, 1.807) is 0 Å². The molecule has 132 valence electrons. The number of hydrogen-bond acceptors (Lipinski definition) is 2. The number of rotatable bonds is 4. The summed E-state index contributed by atoms with van der Waals surface area (Å²) < 4.78 is 0. The molecule has 0 atom stereocenters. The lowest BCUT2D eigenvalue weighted by molar-refractivity contribution is 0.167. The van der Waals surface area contributed by atoms with E-state index in [0.29, 0.717) is 12.5 Å². The van der Waals surface area contributed by atoms with Crippen molar-refractivity contribution in [1.29, 1.82) is 0 Å². The second kappa shape index (κ2) is 7.47. The number of pyridine rings is 1. The lowest BCUT2D eigenvalue weighted by Gasteiger charge is -2.28. The van der Waals surface area contributed by atoms with Gasteiger partial charge in [-0.05, 0) is 92.5 Å². The third-order valence-corrected chi connectivity index (χ3v) is 6.23. The summed E-state index contributed by atoms with van der Waals surface area (Å²) in [5, 5.41) is 10.1. The molecule has 25 heavy (non-hydrogen) atoms. The standard InChI is InChI=1S/C22H26ClNO/c23-19-4-1-3-17(12-19)22-13-18(20-5-2-6-21(20)24-22)11-15-7-9-16(14-25)10-8-15/h1,3-4,12-13,15-16,25H,2,5-11,14H2. The Morgan fingerprint density at radius 2 is 1.84 bits per heavy atom. The Bertz CT molecular complexity index is 750. The number of aliphatic hydroxyl groups is 1. The normalized spacial score (nSPS) is 22.8. The quantitative estimate of drug-likeness (QED) is 0.814. The van der Waals surface area contributed by atoms with Crippen molar-refractivity contribution in [2.75, 3.05) is 6.61 Å². The van der Waals surface area contributed by atoms with E-state index in [4.69, 9.17) is 16.6 Å². The van der Waals surface area contributed by atoms with Crippen molar-refractivity contribution in [2.45, 2.75) is 51.4 Å². The second-order valence-corrected chi connectivity index (χ2v) is 8.17. The van der Waals surface area contributed by atoms with Gasteiger partial charge in [-0.1, -0.05) is 23.7 Å². The van der Waals surface area contributed by atoms with Gasteiger partial charge in [-0.15, -0.1) is 0 Å². The molecule has 1 fully saturated rings. The van der Waals surface area contributed by atoms with Gasteiger partial charge in [0.05, 0.1) is 5.69 Å². The van der Waals surface area contributed by atoms with Crippen LogP contribution in [0.1, 0.15) is 48.9 Å². The van der Waals surface area contributed by atoms with Crippen LogP contribution in [-0.2, 0) is 19.3 Å². The first-order chi connectivity index (χ1) is 12.2. The zero-order valence-electron chi connectivity index (χ0n) is 14.7. The summed E-state index contributed by atoms with van der Waals surface area (Å²) in [6, 6.07) is 10.3. The van der Waals surface area contributed by atoms with Crippen molar-refractivity contribution < 1.29 is 5.11 Å². The number of aryl methyl sites for hydroxylation is 1. The maximum absolute atomic E-state index is 9.36. The molecule has 2 aliphatic carbocycles. The van der Waals surface area contributed by atoms with E-state index in [1.807, 2.05) is 18.2 Å². The van der Waals surface area contributed by atoms with E-state index in [1.165, 1.54) is 55.3 Å². The SMILES string of the molecule is OCC1CCC(Cc2cc(-c3cccc(Cl)c3)nc3c2CCC3)CC1. The summed E-state index contributed by atoms with van der Waals surface area (Å²) in [4.78, 5) is 4.95. The fraction of sp³-hybridized carbons (Fsp3) is 0.500. The molecule has 1 aromatic heterocycles. The van der Waals surface area contributed by atoms with Crippen LogP contribution < -0.4 is 0 Å². The largest absolute Gasteiger partial charge is 0.396 e. The maximum atomic E-state index is 9.36. The Labute approximate surface area is 155 Å². The molecule has 1 aromatic carbocycles. The molecule has 2 aromatic rings. The predicted octanol–water partition coefficient (Wildman–Crippen LogP) is 5.23. The third kappa shape index (κ3) is 3.75. The summed E-state index contributed by atoms with van der Waals surface area (Å²) in [5.74, 6) is 1.28. The van der Waals surface area contributed by atoms with Crippen LogP contribution in [0.2, 0.25) is 5.02 Å². The van der Waals surface area contributed by atoms with E-state index in [-0.39, 0.29) is 0 Å². The molecule has 1 N–H and O–H groups in total. The van der Waals surface area contributed by atoms with Crippen LogP contribution in [0.4, 0.5) is 0 Å². The van der Waals surface area contributed by atoms with Crippen molar-refractivity contribution >= 4 is 11.6 Å². The number of aromatic nitrogens is 1. The molecule has 0 radical (unpaired) electrons. The van der Waals surface area contributed by atoms with E-state index in [0.717, 1.165) is 35.0 Å². The highest BCUT2D eigenvalue weighted by molar-refractivity contribution is 6.30. The third-order valence-electron chi connectivity index (χ3n) is 6.00. The van der Waals surface area contributed by atoms with Crippen LogP contribution in [0.15, 0.2) is 30.3 Å². The molecule has 0 amide bonds. The van der Waals surface area contributed by atoms with Crippen LogP contribution in [0.5, 0.6) is 0 Å². The number of aliphatic hydroxyl groups excluding tert-OH is 1. The Morgan fingerprint density at radius 1 is 1.04 bits per heavy atom. The van der Waals surface area contributed by atoms with Crippen molar-refractivity contribution in [3.05, 3.63) is 52.2 Å². The fourth-order valence-electron chi connectivity index (χ4n) is 4.53. The van der Waals surface area contributed by atoms with Gasteiger partial charge in [0.15, 0.2) is 0 Å². The Balaban J connectivity index is 1.61. The van der Waals surface area contributed by atoms with E-state index >= 15 is 0 Å². The predicted molar refractivity (Wildman–Crippen MR) is 103 cm³/mol. The number of fused-ring (bicyclic) bond motifs is 1. The van der Waals surface area contributed by atoms with Gasteiger partial charge in [-0.2, -0.15) is 0 Å². The molecule has 0 aliphatic heterocycles. The maximum Gasteiger partial charge on any atom is 0.0708 e. The molecule has 0 unspecified atom stereocenters. The molecule has 0 saturated heterocycles. The molecule has 2 aliphatic rings. The van der Waals surface area contributed by atoms with E-state index in [2.05, 4.69) is 12.1 Å². The van der Waals surface area contributed by atoms with Crippen molar-refractivity contribution in [3.63, 3.8) is 0 Å². The van der Waals surface area contributed by atoms with Crippen LogP contribution in [0.25, 0.3) is 11.3 Å². The molecule has 4 rings (SSSR count). The zero-order chi connectivity index (χ0) is 17.2. The number of halogens is 1. The van der Waals surface area contributed by atoms with Crippen molar-refractivity contribution in [2.24, 2.45) is 11.8 Å². The smallest absolute Gasteiger partial charge is 0.0708 e. The summed E-state index contributed by atoms with van der Waals surface area (Å²) in [6.07, 6.45) is 9.52. The minimum Gasteiger partial charge on any atom is -0.396 e. The van der Waals surface area contributed by atoms with Crippen molar-refractivity contribution in [3.8, 4) is 11.3 Å². The van der Waals surface area contributed by atoms with Gasteiger partial charge in [0, 0.05) is 22.9 Å². The van der Waals surface area contributed by atoms with Crippen LogP contribution >= 0.6 is 11.6 Å². The van der Waals surface area contributed by atoms with E-state index < -0.39 is 0 Å². The van der Waals surface area contributed by atoms with Crippen molar-refractivity contribution in [1.82, 2.24) is 4.98 Å².